The molecule has 1 aliphatic carbocycles. The Kier molecular flexibility index (Phi) is 5.62. The Balaban J connectivity index is 1.99. The highest BCUT2D eigenvalue weighted by Gasteiger charge is 2.29. The van der Waals surface area contributed by atoms with Gasteiger partial charge in [-0.3, -0.25) is 4.79 Å². The van der Waals surface area contributed by atoms with Crippen molar-refractivity contribution in [3.8, 4) is 0 Å². The van der Waals surface area contributed by atoms with E-state index >= 15 is 0 Å². The highest BCUT2D eigenvalue weighted by atomic mass is 16.4. The normalized spacial score (nSPS) is 22.4. The third kappa shape index (κ3) is 4.57. The molecule has 1 aromatic heterocycles. The van der Waals surface area contributed by atoms with Crippen LogP contribution in [0.15, 0.2) is 12.5 Å². The van der Waals surface area contributed by atoms with E-state index in [1.807, 2.05) is 12.5 Å². The second-order valence-electron chi connectivity index (χ2n) is 7.40. The molecule has 22 heavy (non-hydrogen) atoms. The Morgan fingerprint density at radius 3 is 3.00 bits per heavy atom. The number of carboxylic acids is 1. The molecule has 0 saturated heterocycles. The molecule has 0 bridgehead atoms. The predicted molar refractivity (Wildman–Crippen MR) is 86.6 cm³/mol. The topological polar surface area (TPSA) is 81.1 Å². The van der Waals surface area contributed by atoms with Gasteiger partial charge in [-0.2, -0.15) is 0 Å². The molecule has 0 aliphatic heterocycles. The molecule has 2 unspecified atom stereocenters. The van der Waals surface area contributed by atoms with E-state index in [1.54, 1.807) is 0 Å². The monoisotopic (exact) mass is 307 g/mol. The molecule has 1 saturated carbocycles. The molecule has 1 heterocycles. The number of nitrogens with zero attached hydrogens (tertiary/aromatic N) is 2. The van der Waals surface area contributed by atoms with E-state index in [-0.39, 0.29) is 5.92 Å². The summed E-state index contributed by atoms with van der Waals surface area (Å²) in [7, 11) is 0. The number of nitrogens with two attached hydrogens (primary N) is 1. The van der Waals surface area contributed by atoms with Crippen LogP contribution >= 0.6 is 0 Å². The second-order valence-corrected chi connectivity index (χ2v) is 7.40. The molecule has 124 valence electrons. The summed E-state index contributed by atoms with van der Waals surface area (Å²) in [5.74, 6) is -1.13. The van der Waals surface area contributed by atoms with Gasteiger partial charge in [0.2, 0.25) is 0 Å². The van der Waals surface area contributed by atoms with Gasteiger partial charge >= 0.3 is 5.97 Å². The first-order valence-corrected chi connectivity index (χ1v) is 8.36. The maximum Gasteiger partial charge on any atom is 0.306 e. The molecule has 0 spiro atoms. The van der Waals surface area contributed by atoms with Gasteiger partial charge in [0.1, 0.15) is 0 Å². The number of hydrogen-bond donors (Lipinski definition) is 2. The Labute approximate surface area is 132 Å². The minimum absolute atomic E-state index is 0.380. The molecule has 3 N–H and O–H groups in total. The van der Waals surface area contributed by atoms with Crippen molar-refractivity contribution in [2.24, 2.45) is 17.1 Å². The van der Waals surface area contributed by atoms with Crippen LogP contribution in [0.5, 0.6) is 0 Å². The molecule has 5 heteroatoms. The molecule has 2 atom stereocenters. The average molecular weight is 307 g/mol. The summed E-state index contributed by atoms with van der Waals surface area (Å²) >= 11 is 0. The first-order valence-electron chi connectivity index (χ1n) is 8.36. The lowest BCUT2D eigenvalue weighted by Gasteiger charge is -2.35. The number of imidazole rings is 1. The minimum atomic E-state index is -0.748. The summed E-state index contributed by atoms with van der Waals surface area (Å²) in [5, 5.41) is 9.31. The van der Waals surface area contributed by atoms with Crippen molar-refractivity contribution in [1.29, 1.82) is 0 Å². The van der Waals surface area contributed by atoms with Crippen molar-refractivity contribution >= 4 is 5.97 Å². The number of rotatable bonds is 7. The van der Waals surface area contributed by atoms with Crippen molar-refractivity contribution < 1.29 is 9.90 Å². The number of hydrogen-bond acceptors (Lipinski definition) is 3. The van der Waals surface area contributed by atoms with Crippen molar-refractivity contribution in [3.63, 3.8) is 0 Å². The van der Waals surface area contributed by atoms with Crippen LogP contribution in [-0.2, 0) is 11.2 Å². The summed E-state index contributed by atoms with van der Waals surface area (Å²) in [6.45, 7) is 5.18. The van der Waals surface area contributed by atoms with Crippen molar-refractivity contribution in [1.82, 2.24) is 9.55 Å². The van der Waals surface area contributed by atoms with Crippen LogP contribution < -0.4 is 5.73 Å². The highest BCUT2D eigenvalue weighted by Crippen LogP contribution is 2.40. The van der Waals surface area contributed by atoms with E-state index in [9.17, 15) is 9.90 Å². The number of aliphatic carboxylic acids is 1. The molecule has 2 rings (SSSR count). The second kappa shape index (κ2) is 7.27. The quantitative estimate of drug-likeness (QED) is 0.811. The van der Waals surface area contributed by atoms with Crippen LogP contribution in [0.3, 0.4) is 0 Å². The molecule has 5 nitrogen and oxygen atoms in total. The first kappa shape index (κ1) is 17.0. The summed E-state index contributed by atoms with van der Waals surface area (Å²) in [6, 6.07) is 0.498. The summed E-state index contributed by atoms with van der Waals surface area (Å²) in [4.78, 5) is 15.8. The standard InChI is InChI=1S/C17H29N3O2/c1-17(2)7-3-6-15(10-17)20-11-14(19-12-20)9-13(16(21)22)5-4-8-18/h11-13,15H,3-10,18H2,1-2H3,(H,21,22). The van der Waals surface area contributed by atoms with Crippen LogP contribution in [0.2, 0.25) is 0 Å². The zero-order valence-corrected chi connectivity index (χ0v) is 13.8. The maximum atomic E-state index is 11.3. The van der Waals surface area contributed by atoms with Crippen LogP contribution in [0.1, 0.15) is 64.1 Å². The van der Waals surface area contributed by atoms with Gasteiger partial charge in [-0.05, 0) is 44.1 Å². The third-order valence-corrected chi connectivity index (χ3v) is 4.82. The molecular formula is C17H29N3O2. The lowest BCUT2D eigenvalue weighted by molar-refractivity contribution is -0.142. The van der Waals surface area contributed by atoms with Crippen LogP contribution in [0.25, 0.3) is 0 Å². The van der Waals surface area contributed by atoms with Gasteiger partial charge < -0.3 is 15.4 Å². The van der Waals surface area contributed by atoms with Crippen molar-refractivity contribution in [2.45, 2.75) is 64.8 Å². The largest absolute Gasteiger partial charge is 0.481 e. The smallest absolute Gasteiger partial charge is 0.306 e. The fraction of sp³-hybridized carbons (Fsp3) is 0.765. The minimum Gasteiger partial charge on any atom is -0.481 e. The van der Waals surface area contributed by atoms with E-state index in [4.69, 9.17) is 5.73 Å². The maximum absolute atomic E-state index is 11.3. The summed E-state index contributed by atoms with van der Waals surface area (Å²) < 4.78 is 2.19. The van der Waals surface area contributed by atoms with E-state index in [2.05, 4.69) is 23.4 Å². The van der Waals surface area contributed by atoms with Crippen molar-refractivity contribution in [2.75, 3.05) is 6.54 Å². The Morgan fingerprint density at radius 1 is 1.59 bits per heavy atom. The summed E-state index contributed by atoms with van der Waals surface area (Å²) in [5.41, 5.74) is 6.75. The van der Waals surface area contributed by atoms with Gasteiger partial charge in [0.25, 0.3) is 0 Å². The highest BCUT2D eigenvalue weighted by molar-refractivity contribution is 5.70. The van der Waals surface area contributed by atoms with Crippen LogP contribution in [0, 0.1) is 11.3 Å². The SMILES string of the molecule is CC1(C)CCCC(n2cnc(CC(CCCN)C(=O)O)c2)C1. The molecule has 1 fully saturated rings. The Hall–Kier alpha value is -1.36. The van der Waals surface area contributed by atoms with Crippen LogP contribution in [-0.4, -0.2) is 27.2 Å². The lowest BCUT2D eigenvalue weighted by Crippen LogP contribution is -2.24. The van der Waals surface area contributed by atoms with Gasteiger partial charge in [-0.1, -0.05) is 20.3 Å². The molecule has 0 aromatic carbocycles. The lowest BCUT2D eigenvalue weighted by atomic mass is 9.75. The number of carboxylic acid groups (broad SMARTS) is 1. The Bertz CT molecular complexity index is 496. The average Bonchev–Trinajstić information content (AvgIpc) is 2.90. The van der Waals surface area contributed by atoms with E-state index in [0.717, 1.165) is 12.1 Å². The molecule has 0 amide bonds. The number of carbonyl (C=O) groups is 1. The third-order valence-electron chi connectivity index (χ3n) is 4.82. The predicted octanol–water partition coefficient (Wildman–Crippen LogP) is 3.01. The fourth-order valence-corrected chi connectivity index (χ4v) is 3.53. The van der Waals surface area contributed by atoms with Gasteiger partial charge in [0.15, 0.2) is 0 Å². The summed E-state index contributed by atoms with van der Waals surface area (Å²) in [6.07, 6.45) is 10.7. The zero-order valence-electron chi connectivity index (χ0n) is 13.8. The van der Waals surface area contributed by atoms with E-state index in [0.29, 0.717) is 30.8 Å². The van der Waals surface area contributed by atoms with E-state index < -0.39 is 5.97 Å². The van der Waals surface area contributed by atoms with Gasteiger partial charge in [0.05, 0.1) is 17.9 Å². The molecule has 0 radical (unpaired) electrons. The molecular weight excluding hydrogens is 278 g/mol. The van der Waals surface area contributed by atoms with Crippen molar-refractivity contribution in [3.05, 3.63) is 18.2 Å². The van der Waals surface area contributed by atoms with E-state index in [1.165, 1.54) is 25.7 Å². The van der Waals surface area contributed by atoms with Gasteiger partial charge in [-0.15, -0.1) is 0 Å². The zero-order chi connectivity index (χ0) is 16.2. The molecule has 1 aliphatic rings. The van der Waals surface area contributed by atoms with Crippen LogP contribution in [0.4, 0.5) is 0 Å². The number of aromatic nitrogens is 2. The van der Waals surface area contributed by atoms with Gasteiger partial charge in [-0.25, -0.2) is 4.98 Å². The molecule has 1 aromatic rings. The fourth-order valence-electron chi connectivity index (χ4n) is 3.53. The first-order chi connectivity index (χ1) is 10.4. The van der Waals surface area contributed by atoms with Gasteiger partial charge in [0, 0.05) is 18.7 Å². The Morgan fingerprint density at radius 2 is 2.36 bits per heavy atom.